The molecule has 8 atom stereocenters. The van der Waals surface area contributed by atoms with Crippen molar-refractivity contribution in [3.05, 3.63) is 11.6 Å². The van der Waals surface area contributed by atoms with Crippen LogP contribution in [0.1, 0.15) is 132 Å². The summed E-state index contributed by atoms with van der Waals surface area (Å²) in [5, 5.41) is 0. The Morgan fingerprint density at radius 2 is 1.66 bits per heavy atom. The standard InChI is InChI=1S/C34H56O4/c1-22(2)9-8-10-24(5)28-13-14-29-27-12-11-25-21-26(38-32(36)16-15-31(35)37-23(3)4)17-19-33(25,6)30(27)18-20-34(28,29)7/h11,22-24,26-30H,8-10,12-21H2,1-7H3/t24?,26-,27-,28?,29-,30-,33-,34+/m0/s1. The minimum atomic E-state index is -0.322. The van der Waals surface area contributed by atoms with Gasteiger partial charge in [-0.1, -0.05) is 65.5 Å². The zero-order valence-corrected chi connectivity index (χ0v) is 25.5. The van der Waals surface area contributed by atoms with Gasteiger partial charge >= 0.3 is 11.9 Å². The summed E-state index contributed by atoms with van der Waals surface area (Å²) < 4.78 is 11.0. The maximum atomic E-state index is 12.5. The van der Waals surface area contributed by atoms with Crippen molar-refractivity contribution in [2.75, 3.05) is 0 Å². The van der Waals surface area contributed by atoms with E-state index in [1.54, 1.807) is 5.57 Å². The highest BCUT2D eigenvalue weighted by molar-refractivity contribution is 5.77. The number of hydrogen-bond donors (Lipinski definition) is 0. The molecule has 38 heavy (non-hydrogen) atoms. The van der Waals surface area contributed by atoms with Crippen LogP contribution in [0.4, 0.5) is 0 Å². The van der Waals surface area contributed by atoms with Gasteiger partial charge in [0.1, 0.15) is 6.10 Å². The first kappa shape index (κ1) is 29.7. The van der Waals surface area contributed by atoms with E-state index < -0.39 is 0 Å². The quantitative estimate of drug-likeness (QED) is 0.210. The van der Waals surface area contributed by atoms with Crippen LogP contribution < -0.4 is 0 Å². The second kappa shape index (κ2) is 12.0. The summed E-state index contributed by atoms with van der Waals surface area (Å²) in [6.07, 6.45) is 16.5. The Morgan fingerprint density at radius 3 is 2.37 bits per heavy atom. The molecule has 4 aliphatic rings. The molecule has 4 rings (SSSR count). The van der Waals surface area contributed by atoms with Crippen molar-refractivity contribution in [3.63, 3.8) is 0 Å². The summed E-state index contributed by atoms with van der Waals surface area (Å²) in [6.45, 7) is 16.1. The molecule has 0 amide bonds. The van der Waals surface area contributed by atoms with Gasteiger partial charge in [-0.25, -0.2) is 0 Å². The van der Waals surface area contributed by atoms with E-state index in [1.807, 2.05) is 13.8 Å². The lowest BCUT2D eigenvalue weighted by atomic mass is 9.47. The van der Waals surface area contributed by atoms with E-state index in [0.717, 1.165) is 54.8 Å². The molecule has 2 unspecified atom stereocenters. The number of carbonyl (C=O) groups excluding carboxylic acids is 2. The van der Waals surface area contributed by atoms with E-state index in [9.17, 15) is 9.59 Å². The van der Waals surface area contributed by atoms with Gasteiger partial charge in [-0.2, -0.15) is 0 Å². The van der Waals surface area contributed by atoms with Gasteiger partial charge < -0.3 is 9.47 Å². The van der Waals surface area contributed by atoms with Gasteiger partial charge in [-0.15, -0.1) is 0 Å². The number of hydrogen-bond acceptors (Lipinski definition) is 4. The van der Waals surface area contributed by atoms with E-state index in [0.29, 0.717) is 5.41 Å². The molecule has 3 saturated carbocycles. The van der Waals surface area contributed by atoms with Crippen LogP contribution in [0.25, 0.3) is 0 Å². The number of carbonyl (C=O) groups is 2. The highest BCUT2D eigenvalue weighted by Crippen LogP contribution is 2.67. The van der Waals surface area contributed by atoms with Crippen molar-refractivity contribution in [2.24, 2.45) is 46.3 Å². The smallest absolute Gasteiger partial charge is 0.306 e. The summed E-state index contributed by atoms with van der Waals surface area (Å²) in [7, 11) is 0. The Kier molecular flexibility index (Phi) is 9.40. The lowest BCUT2D eigenvalue weighted by Gasteiger charge is -2.58. The number of ether oxygens (including phenoxy) is 2. The summed E-state index contributed by atoms with van der Waals surface area (Å²) in [6, 6.07) is 0. The van der Waals surface area contributed by atoms with E-state index >= 15 is 0 Å². The van der Waals surface area contributed by atoms with Crippen LogP contribution in [0.3, 0.4) is 0 Å². The molecule has 0 aromatic heterocycles. The Labute approximate surface area is 233 Å². The van der Waals surface area contributed by atoms with Crippen LogP contribution in [0.15, 0.2) is 11.6 Å². The van der Waals surface area contributed by atoms with Gasteiger partial charge in [0.05, 0.1) is 18.9 Å². The van der Waals surface area contributed by atoms with Crippen molar-refractivity contribution in [1.82, 2.24) is 0 Å². The van der Waals surface area contributed by atoms with Crippen molar-refractivity contribution in [1.29, 1.82) is 0 Å². The molecule has 0 aromatic carbocycles. The van der Waals surface area contributed by atoms with Gasteiger partial charge in [-0.05, 0) is 105 Å². The van der Waals surface area contributed by atoms with Gasteiger partial charge in [0.25, 0.3) is 0 Å². The maximum absolute atomic E-state index is 12.5. The summed E-state index contributed by atoms with van der Waals surface area (Å²) in [4.78, 5) is 24.3. The lowest BCUT2D eigenvalue weighted by molar-refractivity contribution is -0.156. The molecule has 0 aromatic rings. The normalized spacial score (nSPS) is 37.2. The SMILES string of the molecule is CC(C)CCCC(C)C1CC[C@H]2[C@@H]3CC=C4C[C@@H](OC(=O)CCC(=O)OC(C)C)CC[C@]4(C)[C@H]3CC[C@]12C. The fourth-order valence-corrected chi connectivity index (χ4v) is 9.52. The molecular formula is C34H56O4. The predicted molar refractivity (Wildman–Crippen MR) is 153 cm³/mol. The molecule has 0 heterocycles. The topological polar surface area (TPSA) is 52.6 Å². The molecule has 216 valence electrons. The molecule has 0 bridgehead atoms. The molecular weight excluding hydrogens is 472 g/mol. The summed E-state index contributed by atoms with van der Waals surface area (Å²) in [5.41, 5.74) is 2.32. The third-order valence-electron chi connectivity index (χ3n) is 11.5. The molecule has 3 fully saturated rings. The van der Waals surface area contributed by atoms with E-state index in [2.05, 4.69) is 40.7 Å². The van der Waals surface area contributed by atoms with Crippen LogP contribution in [0.2, 0.25) is 0 Å². The minimum absolute atomic E-state index is 0.0455. The van der Waals surface area contributed by atoms with Gasteiger partial charge in [-0.3, -0.25) is 9.59 Å². The molecule has 4 aliphatic carbocycles. The fourth-order valence-electron chi connectivity index (χ4n) is 9.52. The van der Waals surface area contributed by atoms with E-state index in [4.69, 9.17) is 9.47 Å². The largest absolute Gasteiger partial charge is 0.463 e. The summed E-state index contributed by atoms with van der Waals surface area (Å²) in [5.74, 6) is 4.45. The average Bonchev–Trinajstić information content (AvgIpc) is 3.19. The number of allylic oxidation sites excluding steroid dienone is 1. The fraction of sp³-hybridized carbons (Fsp3) is 0.882. The van der Waals surface area contributed by atoms with Crippen LogP contribution >= 0.6 is 0 Å². The molecule has 0 saturated heterocycles. The van der Waals surface area contributed by atoms with Gasteiger partial charge in [0, 0.05) is 6.42 Å². The Balaban J connectivity index is 1.35. The third-order valence-corrected chi connectivity index (χ3v) is 11.5. The second-order valence-electron chi connectivity index (χ2n) is 14.7. The zero-order valence-electron chi connectivity index (χ0n) is 25.5. The molecule has 0 N–H and O–H groups in total. The predicted octanol–water partition coefficient (Wildman–Crippen LogP) is 8.67. The van der Waals surface area contributed by atoms with Gasteiger partial charge in [0.2, 0.25) is 0 Å². The van der Waals surface area contributed by atoms with Crippen LogP contribution in [0.5, 0.6) is 0 Å². The second-order valence-corrected chi connectivity index (χ2v) is 14.7. The van der Waals surface area contributed by atoms with Crippen molar-refractivity contribution < 1.29 is 19.1 Å². The monoisotopic (exact) mass is 528 g/mol. The first-order valence-corrected chi connectivity index (χ1v) is 16.0. The van der Waals surface area contributed by atoms with E-state index in [-0.39, 0.29) is 42.4 Å². The van der Waals surface area contributed by atoms with E-state index in [1.165, 1.54) is 51.4 Å². The van der Waals surface area contributed by atoms with Crippen molar-refractivity contribution >= 4 is 11.9 Å². The maximum Gasteiger partial charge on any atom is 0.306 e. The Morgan fingerprint density at radius 1 is 0.921 bits per heavy atom. The van der Waals surface area contributed by atoms with Crippen LogP contribution in [0, 0.1) is 46.3 Å². The third kappa shape index (κ3) is 6.20. The molecule has 0 radical (unpaired) electrons. The molecule has 4 nitrogen and oxygen atoms in total. The number of esters is 2. The number of fused-ring (bicyclic) bond motifs is 5. The molecule has 0 spiro atoms. The Bertz CT molecular complexity index is 874. The highest BCUT2D eigenvalue weighted by atomic mass is 16.5. The average molecular weight is 529 g/mol. The zero-order chi connectivity index (χ0) is 27.7. The van der Waals surface area contributed by atoms with Crippen LogP contribution in [-0.2, 0) is 19.1 Å². The first-order chi connectivity index (χ1) is 17.9. The summed E-state index contributed by atoms with van der Waals surface area (Å²) >= 11 is 0. The van der Waals surface area contributed by atoms with Crippen molar-refractivity contribution in [2.45, 2.75) is 144 Å². The number of rotatable bonds is 10. The highest BCUT2D eigenvalue weighted by Gasteiger charge is 2.59. The Hall–Kier alpha value is -1.32. The molecule has 0 aliphatic heterocycles. The van der Waals surface area contributed by atoms with Crippen LogP contribution in [-0.4, -0.2) is 24.1 Å². The lowest BCUT2D eigenvalue weighted by Crippen LogP contribution is -2.51. The van der Waals surface area contributed by atoms with Crippen molar-refractivity contribution in [3.8, 4) is 0 Å². The first-order valence-electron chi connectivity index (χ1n) is 16.0. The minimum Gasteiger partial charge on any atom is -0.463 e. The molecule has 4 heteroatoms. The van der Waals surface area contributed by atoms with Gasteiger partial charge in [0.15, 0.2) is 0 Å².